The SMILES string of the molecule is CCNC(=O)c1ccc(NC2(CO)CC2)c(N)c1. The van der Waals surface area contributed by atoms with Gasteiger partial charge in [-0.05, 0) is 38.0 Å². The summed E-state index contributed by atoms with van der Waals surface area (Å²) in [5.74, 6) is -0.126. The predicted molar refractivity (Wildman–Crippen MR) is 71.5 cm³/mol. The normalized spacial score (nSPS) is 16.1. The molecule has 0 unspecified atom stereocenters. The van der Waals surface area contributed by atoms with E-state index in [4.69, 9.17) is 5.73 Å². The molecule has 1 aliphatic carbocycles. The maximum Gasteiger partial charge on any atom is 0.251 e. The first-order chi connectivity index (χ1) is 8.60. The highest BCUT2D eigenvalue weighted by atomic mass is 16.3. The average molecular weight is 249 g/mol. The van der Waals surface area contributed by atoms with Gasteiger partial charge in [0.05, 0.1) is 23.5 Å². The van der Waals surface area contributed by atoms with Gasteiger partial charge < -0.3 is 21.5 Å². The van der Waals surface area contributed by atoms with Gasteiger partial charge in [0.15, 0.2) is 0 Å². The molecule has 5 N–H and O–H groups in total. The molecule has 0 saturated heterocycles. The van der Waals surface area contributed by atoms with Crippen LogP contribution < -0.4 is 16.4 Å². The molecule has 5 heteroatoms. The second-order valence-electron chi connectivity index (χ2n) is 4.72. The van der Waals surface area contributed by atoms with Crippen molar-refractivity contribution in [2.24, 2.45) is 0 Å². The number of aliphatic hydroxyl groups is 1. The number of nitrogens with two attached hydrogens (primary N) is 1. The number of aliphatic hydroxyl groups excluding tert-OH is 1. The van der Waals surface area contributed by atoms with Crippen molar-refractivity contribution >= 4 is 17.3 Å². The fraction of sp³-hybridized carbons (Fsp3) is 0.462. The minimum Gasteiger partial charge on any atom is -0.397 e. The summed E-state index contributed by atoms with van der Waals surface area (Å²) in [6.45, 7) is 2.56. The van der Waals surface area contributed by atoms with Gasteiger partial charge in [-0.2, -0.15) is 0 Å². The van der Waals surface area contributed by atoms with Gasteiger partial charge in [-0.15, -0.1) is 0 Å². The van der Waals surface area contributed by atoms with Crippen molar-refractivity contribution in [3.05, 3.63) is 23.8 Å². The van der Waals surface area contributed by atoms with Crippen LogP contribution in [0.2, 0.25) is 0 Å². The zero-order chi connectivity index (χ0) is 13.2. The molecule has 0 aliphatic heterocycles. The molecule has 98 valence electrons. The summed E-state index contributed by atoms with van der Waals surface area (Å²) in [6.07, 6.45) is 1.89. The lowest BCUT2D eigenvalue weighted by Gasteiger charge is -2.18. The van der Waals surface area contributed by atoms with E-state index in [2.05, 4.69) is 10.6 Å². The van der Waals surface area contributed by atoms with Crippen molar-refractivity contribution in [2.45, 2.75) is 25.3 Å². The Kier molecular flexibility index (Phi) is 3.43. The fourth-order valence-electron chi connectivity index (χ4n) is 1.84. The molecule has 1 aromatic rings. The molecule has 0 heterocycles. The van der Waals surface area contributed by atoms with Crippen molar-refractivity contribution < 1.29 is 9.90 Å². The van der Waals surface area contributed by atoms with E-state index in [-0.39, 0.29) is 18.1 Å². The number of anilines is 2. The van der Waals surface area contributed by atoms with E-state index < -0.39 is 0 Å². The first kappa shape index (κ1) is 12.7. The molecule has 0 bridgehead atoms. The number of hydrogen-bond donors (Lipinski definition) is 4. The maximum absolute atomic E-state index is 11.6. The lowest BCUT2D eigenvalue weighted by atomic mass is 10.1. The van der Waals surface area contributed by atoms with Gasteiger partial charge in [-0.1, -0.05) is 0 Å². The topological polar surface area (TPSA) is 87.4 Å². The summed E-state index contributed by atoms with van der Waals surface area (Å²) < 4.78 is 0. The van der Waals surface area contributed by atoms with E-state index in [1.54, 1.807) is 18.2 Å². The molecule has 1 aromatic carbocycles. The standard InChI is InChI=1S/C13H19N3O2/c1-2-15-12(18)9-3-4-11(10(14)7-9)16-13(8-17)5-6-13/h3-4,7,16-17H,2,5-6,8,14H2,1H3,(H,15,18). The van der Waals surface area contributed by atoms with E-state index in [1.165, 1.54) is 0 Å². The van der Waals surface area contributed by atoms with Crippen molar-refractivity contribution in [1.29, 1.82) is 0 Å². The summed E-state index contributed by atoms with van der Waals surface area (Å²) in [4.78, 5) is 11.6. The minimum atomic E-state index is -0.207. The Morgan fingerprint density at radius 3 is 2.72 bits per heavy atom. The number of nitrogen functional groups attached to an aromatic ring is 1. The van der Waals surface area contributed by atoms with Gasteiger partial charge in [-0.25, -0.2) is 0 Å². The number of carbonyl (C=O) groups is 1. The van der Waals surface area contributed by atoms with Gasteiger partial charge in [0, 0.05) is 12.1 Å². The zero-order valence-electron chi connectivity index (χ0n) is 10.5. The molecule has 0 radical (unpaired) electrons. The molecular formula is C13H19N3O2. The van der Waals surface area contributed by atoms with Gasteiger partial charge in [0.25, 0.3) is 5.91 Å². The van der Waals surface area contributed by atoms with Crippen molar-refractivity contribution in [2.75, 3.05) is 24.2 Å². The summed E-state index contributed by atoms with van der Waals surface area (Å²) in [6, 6.07) is 5.17. The van der Waals surface area contributed by atoms with Crippen molar-refractivity contribution in [3.63, 3.8) is 0 Å². The summed E-state index contributed by atoms with van der Waals surface area (Å²) >= 11 is 0. The first-order valence-electron chi connectivity index (χ1n) is 6.17. The molecular weight excluding hydrogens is 230 g/mol. The van der Waals surface area contributed by atoms with Crippen LogP contribution in [0.4, 0.5) is 11.4 Å². The Morgan fingerprint density at radius 1 is 1.50 bits per heavy atom. The van der Waals surface area contributed by atoms with Crippen LogP contribution in [0.5, 0.6) is 0 Å². The van der Waals surface area contributed by atoms with Gasteiger partial charge in [-0.3, -0.25) is 4.79 Å². The molecule has 5 nitrogen and oxygen atoms in total. The summed E-state index contributed by atoms with van der Waals surface area (Å²) in [5, 5.41) is 15.2. The largest absolute Gasteiger partial charge is 0.397 e. The van der Waals surface area contributed by atoms with E-state index in [1.807, 2.05) is 6.92 Å². The van der Waals surface area contributed by atoms with Crippen LogP contribution in [-0.4, -0.2) is 29.7 Å². The highest BCUT2D eigenvalue weighted by molar-refractivity contribution is 5.96. The Hall–Kier alpha value is -1.75. The van der Waals surface area contributed by atoms with Crippen LogP contribution in [0.1, 0.15) is 30.1 Å². The van der Waals surface area contributed by atoms with Crippen LogP contribution in [0, 0.1) is 0 Å². The molecule has 1 fully saturated rings. The molecule has 1 saturated carbocycles. The number of hydrogen-bond acceptors (Lipinski definition) is 4. The van der Waals surface area contributed by atoms with E-state index >= 15 is 0 Å². The van der Waals surface area contributed by atoms with Gasteiger partial charge in [0.1, 0.15) is 0 Å². The van der Waals surface area contributed by atoms with Crippen molar-refractivity contribution in [1.82, 2.24) is 5.32 Å². The molecule has 0 spiro atoms. The van der Waals surface area contributed by atoms with Gasteiger partial charge in [0.2, 0.25) is 0 Å². The molecule has 1 amide bonds. The molecule has 1 aliphatic rings. The number of carbonyl (C=O) groups excluding carboxylic acids is 1. The third kappa shape index (κ3) is 2.56. The first-order valence-corrected chi connectivity index (χ1v) is 6.17. The van der Waals surface area contributed by atoms with Crippen LogP contribution in [0.3, 0.4) is 0 Å². The number of rotatable bonds is 5. The highest BCUT2D eigenvalue weighted by Crippen LogP contribution is 2.39. The predicted octanol–water partition coefficient (Wildman–Crippen LogP) is 0.955. The number of nitrogens with one attached hydrogen (secondary N) is 2. The Morgan fingerprint density at radius 2 is 2.22 bits per heavy atom. The zero-order valence-corrected chi connectivity index (χ0v) is 10.5. The quantitative estimate of drug-likeness (QED) is 0.585. The molecule has 2 rings (SSSR count). The number of amides is 1. The fourth-order valence-corrected chi connectivity index (χ4v) is 1.84. The van der Waals surface area contributed by atoms with E-state index in [0.717, 1.165) is 18.5 Å². The second-order valence-corrected chi connectivity index (χ2v) is 4.72. The lowest BCUT2D eigenvalue weighted by molar-refractivity contribution is 0.0956. The third-order valence-electron chi connectivity index (χ3n) is 3.21. The van der Waals surface area contributed by atoms with E-state index in [0.29, 0.717) is 17.8 Å². The Bertz CT molecular complexity index is 456. The lowest BCUT2D eigenvalue weighted by Crippen LogP contribution is -2.26. The minimum absolute atomic E-state index is 0.102. The van der Waals surface area contributed by atoms with Crippen LogP contribution >= 0.6 is 0 Å². The molecule has 18 heavy (non-hydrogen) atoms. The summed E-state index contributed by atoms with van der Waals surface area (Å²) in [5.41, 5.74) is 7.56. The monoisotopic (exact) mass is 249 g/mol. The van der Waals surface area contributed by atoms with Crippen LogP contribution in [-0.2, 0) is 0 Å². The number of benzene rings is 1. The Labute approximate surface area is 106 Å². The smallest absolute Gasteiger partial charge is 0.251 e. The van der Waals surface area contributed by atoms with Crippen LogP contribution in [0.25, 0.3) is 0 Å². The highest BCUT2D eigenvalue weighted by Gasteiger charge is 2.42. The second kappa shape index (κ2) is 4.86. The Balaban J connectivity index is 2.12. The van der Waals surface area contributed by atoms with Gasteiger partial charge >= 0.3 is 0 Å². The van der Waals surface area contributed by atoms with E-state index in [9.17, 15) is 9.90 Å². The maximum atomic E-state index is 11.6. The average Bonchev–Trinajstić information content (AvgIpc) is 3.12. The summed E-state index contributed by atoms with van der Waals surface area (Å²) in [7, 11) is 0. The van der Waals surface area contributed by atoms with Crippen molar-refractivity contribution in [3.8, 4) is 0 Å². The molecule has 0 atom stereocenters. The third-order valence-corrected chi connectivity index (χ3v) is 3.21. The van der Waals surface area contributed by atoms with Crippen LogP contribution in [0.15, 0.2) is 18.2 Å². The molecule has 0 aromatic heterocycles.